The van der Waals surface area contributed by atoms with E-state index < -0.39 is 5.92 Å². The summed E-state index contributed by atoms with van der Waals surface area (Å²) in [6.45, 7) is 0. The Morgan fingerprint density at radius 2 is 1.64 bits per heavy atom. The molecular formula is C16H8Cl4O2. The minimum Gasteiger partial charge on any atom is -0.515 e. The second-order valence-corrected chi connectivity index (χ2v) is 6.55. The predicted octanol–water partition coefficient (Wildman–Crippen LogP) is 6.07. The lowest BCUT2D eigenvalue weighted by molar-refractivity contribution is 0.103. The molecule has 2 aromatic carbocycles. The van der Waals surface area contributed by atoms with Crippen molar-refractivity contribution in [2.45, 2.75) is 5.92 Å². The zero-order chi connectivity index (χ0) is 16.0. The molecule has 0 amide bonds. The van der Waals surface area contributed by atoms with Gasteiger partial charge in [-0.2, -0.15) is 0 Å². The molecule has 0 saturated heterocycles. The molecule has 0 saturated carbocycles. The zero-order valence-electron chi connectivity index (χ0n) is 10.9. The van der Waals surface area contributed by atoms with Crippen LogP contribution in [0.3, 0.4) is 0 Å². The summed E-state index contributed by atoms with van der Waals surface area (Å²) in [6, 6.07) is 8.07. The van der Waals surface area contributed by atoms with Crippen LogP contribution in [-0.4, -0.2) is 10.9 Å². The summed E-state index contributed by atoms with van der Waals surface area (Å²) in [4.78, 5) is 12.5. The van der Waals surface area contributed by atoms with E-state index >= 15 is 0 Å². The molecule has 0 bridgehead atoms. The van der Waals surface area contributed by atoms with Crippen LogP contribution in [0.2, 0.25) is 20.1 Å². The van der Waals surface area contributed by atoms with Gasteiger partial charge >= 0.3 is 0 Å². The molecule has 0 heterocycles. The van der Waals surface area contributed by atoms with Crippen LogP contribution in [0.1, 0.15) is 27.4 Å². The number of ketones is 1. The molecule has 1 N–H and O–H groups in total. The number of halogens is 4. The Balaban J connectivity index is 2.30. The van der Waals surface area contributed by atoms with Gasteiger partial charge in [0.25, 0.3) is 0 Å². The van der Waals surface area contributed by atoms with Crippen LogP contribution < -0.4 is 0 Å². The van der Waals surface area contributed by atoms with Gasteiger partial charge in [-0.3, -0.25) is 4.79 Å². The van der Waals surface area contributed by atoms with Gasteiger partial charge in [0.05, 0.1) is 6.26 Å². The first-order chi connectivity index (χ1) is 10.4. The summed E-state index contributed by atoms with van der Waals surface area (Å²) >= 11 is 24.4. The minimum absolute atomic E-state index is 0.198. The topological polar surface area (TPSA) is 37.3 Å². The highest BCUT2D eigenvalue weighted by molar-refractivity contribution is 6.37. The summed E-state index contributed by atoms with van der Waals surface area (Å²) in [5.41, 5.74) is 1.79. The third kappa shape index (κ3) is 2.40. The number of benzene rings is 2. The highest BCUT2D eigenvalue weighted by atomic mass is 35.5. The molecule has 22 heavy (non-hydrogen) atoms. The standard InChI is InChI=1S/C16H8Cl4O2/c17-7-1-2-9(12(19)4-7)14-11(6-21)16(22)10-3-8(18)5-13(20)15(10)14/h1-6,14,21H. The van der Waals surface area contributed by atoms with E-state index in [4.69, 9.17) is 46.4 Å². The normalized spacial score (nSPS) is 18.8. The van der Waals surface area contributed by atoms with Crippen LogP contribution in [0.15, 0.2) is 42.2 Å². The number of rotatable bonds is 1. The van der Waals surface area contributed by atoms with Gasteiger partial charge in [-0.15, -0.1) is 0 Å². The van der Waals surface area contributed by atoms with Gasteiger partial charge in [-0.05, 0) is 35.4 Å². The molecule has 1 unspecified atom stereocenters. The SMILES string of the molecule is O=C1C(=CO)C(c2ccc(Cl)cc2Cl)c2c(Cl)cc(Cl)cc21. The number of Topliss-reactive ketones (excluding diaryl/α,β-unsaturated/α-hetero) is 1. The minimum atomic E-state index is -0.554. The van der Waals surface area contributed by atoms with Crippen LogP contribution in [0, 0.1) is 0 Å². The van der Waals surface area contributed by atoms with Crippen molar-refractivity contribution < 1.29 is 9.90 Å². The Morgan fingerprint density at radius 1 is 0.955 bits per heavy atom. The highest BCUT2D eigenvalue weighted by Crippen LogP contribution is 2.48. The second kappa shape index (κ2) is 5.78. The van der Waals surface area contributed by atoms with Crippen molar-refractivity contribution in [1.29, 1.82) is 0 Å². The fourth-order valence-corrected chi connectivity index (χ4v) is 3.82. The lowest BCUT2D eigenvalue weighted by atomic mass is 9.90. The quantitative estimate of drug-likeness (QED) is 0.486. The van der Waals surface area contributed by atoms with E-state index in [2.05, 4.69) is 0 Å². The molecule has 0 aliphatic heterocycles. The molecule has 112 valence electrons. The highest BCUT2D eigenvalue weighted by Gasteiger charge is 2.39. The summed E-state index contributed by atoms with van der Waals surface area (Å²) in [6.07, 6.45) is 0.794. The number of aliphatic hydroxyl groups is 1. The second-order valence-electron chi connectivity index (χ2n) is 4.86. The van der Waals surface area contributed by atoms with Gasteiger partial charge in [-0.1, -0.05) is 52.5 Å². The monoisotopic (exact) mass is 372 g/mol. The Bertz CT molecular complexity index is 827. The van der Waals surface area contributed by atoms with E-state index in [1.165, 1.54) is 0 Å². The maximum absolute atomic E-state index is 12.5. The molecule has 1 aliphatic rings. The van der Waals surface area contributed by atoms with E-state index in [1.807, 2.05) is 0 Å². The summed E-state index contributed by atoms with van der Waals surface area (Å²) in [7, 11) is 0. The molecule has 2 nitrogen and oxygen atoms in total. The van der Waals surface area contributed by atoms with Crippen LogP contribution in [0.25, 0.3) is 0 Å². The van der Waals surface area contributed by atoms with Crippen molar-refractivity contribution in [2.24, 2.45) is 0 Å². The van der Waals surface area contributed by atoms with Crippen molar-refractivity contribution in [3.8, 4) is 0 Å². The average Bonchev–Trinajstić information content (AvgIpc) is 2.72. The van der Waals surface area contributed by atoms with E-state index in [1.54, 1.807) is 30.3 Å². The number of hydrogen-bond acceptors (Lipinski definition) is 2. The van der Waals surface area contributed by atoms with Gasteiger partial charge in [0.15, 0.2) is 5.78 Å². The fraction of sp³-hybridized carbons (Fsp3) is 0.0625. The van der Waals surface area contributed by atoms with Gasteiger partial charge in [-0.25, -0.2) is 0 Å². The van der Waals surface area contributed by atoms with Crippen molar-refractivity contribution in [3.05, 3.63) is 78.9 Å². The first-order valence-corrected chi connectivity index (χ1v) is 7.78. The number of hydrogen-bond donors (Lipinski definition) is 1. The molecular weight excluding hydrogens is 366 g/mol. The largest absolute Gasteiger partial charge is 0.515 e. The molecule has 0 aromatic heterocycles. The van der Waals surface area contributed by atoms with Crippen molar-refractivity contribution >= 4 is 52.2 Å². The first kappa shape index (κ1) is 15.7. The van der Waals surface area contributed by atoms with E-state index in [0.29, 0.717) is 36.8 Å². The van der Waals surface area contributed by atoms with Crippen LogP contribution >= 0.6 is 46.4 Å². The van der Waals surface area contributed by atoms with Crippen LogP contribution in [0.5, 0.6) is 0 Å². The average molecular weight is 374 g/mol. The Hall–Kier alpha value is -1.19. The van der Waals surface area contributed by atoms with Crippen LogP contribution in [-0.2, 0) is 0 Å². The third-order valence-electron chi connectivity index (χ3n) is 3.61. The zero-order valence-corrected chi connectivity index (χ0v) is 13.9. The molecule has 6 heteroatoms. The lowest BCUT2D eigenvalue weighted by Crippen LogP contribution is -2.03. The summed E-state index contributed by atoms with van der Waals surface area (Å²) < 4.78 is 0. The predicted molar refractivity (Wildman–Crippen MR) is 89.8 cm³/mol. The molecule has 1 aliphatic carbocycles. The Morgan fingerprint density at radius 3 is 2.27 bits per heavy atom. The molecule has 3 rings (SSSR count). The van der Waals surface area contributed by atoms with E-state index in [0.717, 1.165) is 6.26 Å². The Kier molecular flexibility index (Phi) is 4.13. The summed E-state index contributed by atoms with van der Waals surface area (Å²) in [5, 5.41) is 11.1. The maximum atomic E-state index is 12.5. The lowest BCUT2D eigenvalue weighted by Gasteiger charge is -2.16. The number of carbonyl (C=O) groups excluding carboxylic acids is 1. The number of carbonyl (C=O) groups is 1. The van der Waals surface area contributed by atoms with Gasteiger partial charge in [0.2, 0.25) is 0 Å². The number of fused-ring (bicyclic) bond motifs is 1. The molecule has 1 atom stereocenters. The fourth-order valence-electron chi connectivity index (χ4n) is 2.70. The molecule has 0 spiro atoms. The van der Waals surface area contributed by atoms with Crippen molar-refractivity contribution in [3.63, 3.8) is 0 Å². The first-order valence-electron chi connectivity index (χ1n) is 6.27. The summed E-state index contributed by atoms with van der Waals surface area (Å²) in [5.74, 6) is -0.875. The molecule has 0 fully saturated rings. The number of aliphatic hydroxyl groups excluding tert-OH is 1. The van der Waals surface area contributed by atoms with Gasteiger partial charge in [0.1, 0.15) is 0 Å². The maximum Gasteiger partial charge on any atom is 0.193 e. The molecule has 0 radical (unpaired) electrons. The van der Waals surface area contributed by atoms with Gasteiger partial charge in [0, 0.05) is 37.1 Å². The number of allylic oxidation sites excluding steroid dienone is 1. The Labute approximate surface area is 146 Å². The third-order valence-corrected chi connectivity index (χ3v) is 4.71. The van der Waals surface area contributed by atoms with Crippen molar-refractivity contribution in [1.82, 2.24) is 0 Å². The van der Waals surface area contributed by atoms with Crippen LogP contribution in [0.4, 0.5) is 0 Å². The smallest absolute Gasteiger partial charge is 0.193 e. The van der Waals surface area contributed by atoms with Gasteiger partial charge < -0.3 is 5.11 Å². The molecule has 2 aromatic rings. The van der Waals surface area contributed by atoms with E-state index in [9.17, 15) is 9.90 Å². The van der Waals surface area contributed by atoms with Crippen molar-refractivity contribution in [2.75, 3.05) is 0 Å². The van der Waals surface area contributed by atoms with E-state index in [-0.39, 0.29) is 11.4 Å².